The average molecular weight is 204 g/mol. The molecule has 0 aliphatic rings. The summed E-state index contributed by atoms with van der Waals surface area (Å²) in [5.41, 5.74) is 0. The molecule has 0 saturated carbocycles. The molecule has 0 aromatic rings. The van der Waals surface area contributed by atoms with Crippen molar-refractivity contribution >= 4 is 5.91 Å². The molecule has 0 aliphatic heterocycles. The third-order valence-electron chi connectivity index (χ3n) is 1.79. The minimum Gasteiger partial charge on any atom is -0.395 e. The molecule has 0 saturated heterocycles. The van der Waals surface area contributed by atoms with Crippen LogP contribution < -0.4 is 0 Å². The van der Waals surface area contributed by atoms with Crippen LogP contribution in [0.25, 0.3) is 0 Å². The highest BCUT2D eigenvalue weighted by atomic mass is 16.3. The van der Waals surface area contributed by atoms with E-state index >= 15 is 0 Å². The second-order valence-electron chi connectivity index (χ2n) is 2.87. The monoisotopic (exact) mass is 204 g/mol. The molecule has 0 aromatic carbocycles. The molecule has 0 fully saturated rings. The largest absolute Gasteiger partial charge is 0.395 e. The van der Waals surface area contributed by atoms with Crippen molar-refractivity contribution < 1.29 is 9.90 Å². The molecule has 0 radical (unpaired) electrons. The van der Waals surface area contributed by atoms with Crippen LogP contribution in [-0.2, 0) is 4.79 Å². The zero-order valence-electron chi connectivity index (χ0n) is 10.1. The van der Waals surface area contributed by atoms with E-state index in [2.05, 4.69) is 0 Å². The summed E-state index contributed by atoms with van der Waals surface area (Å²) in [6.45, 7) is 7.68. The van der Waals surface area contributed by atoms with E-state index in [1.54, 1.807) is 16.8 Å². The van der Waals surface area contributed by atoms with Crippen LogP contribution >= 0.6 is 0 Å². The van der Waals surface area contributed by atoms with Gasteiger partial charge in [-0.25, -0.2) is 0 Å². The Bertz CT molecular complexity index is 140. The van der Waals surface area contributed by atoms with Crippen molar-refractivity contribution in [3.63, 3.8) is 0 Å². The van der Waals surface area contributed by atoms with E-state index < -0.39 is 0 Å². The fraction of sp³-hybridized carbons (Fsp3) is 0.900. The highest BCUT2D eigenvalue weighted by molar-refractivity contribution is 5.77. The lowest BCUT2D eigenvalue weighted by atomic mass is 10.4. The maximum Gasteiger partial charge on any atom is 0.236 e. The summed E-state index contributed by atoms with van der Waals surface area (Å²) in [6, 6.07) is 0. The van der Waals surface area contributed by atoms with Gasteiger partial charge >= 0.3 is 0 Å². The van der Waals surface area contributed by atoms with Crippen molar-refractivity contribution in [3.05, 3.63) is 0 Å². The van der Waals surface area contributed by atoms with Gasteiger partial charge in [-0.05, 0) is 14.0 Å². The molecule has 0 spiro atoms. The first-order valence-corrected chi connectivity index (χ1v) is 5.15. The number of rotatable bonds is 5. The molecule has 1 amide bonds. The third-order valence-corrected chi connectivity index (χ3v) is 1.79. The second kappa shape index (κ2) is 10.5. The van der Waals surface area contributed by atoms with Crippen molar-refractivity contribution in [1.82, 2.24) is 9.80 Å². The van der Waals surface area contributed by atoms with Crippen LogP contribution in [0, 0.1) is 0 Å². The van der Waals surface area contributed by atoms with Crippen LogP contribution in [0.2, 0.25) is 0 Å². The van der Waals surface area contributed by atoms with Crippen LogP contribution in [0.4, 0.5) is 0 Å². The van der Waals surface area contributed by atoms with Gasteiger partial charge in [-0.3, -0.25) is 9.69 Å². The molecule has 4 nitrogen and oxygen atoms in total. The molecule has 0 heterocycles. The number of likely N-dealkylation sites (N-methyl/N-ethyl adjacent to an activating group) is 2. The number of hydrogen-bond acceptors (Lipinski definition) is 3. The standard InChI is InChI=1S/C8H18N2O2.C2H6/c1-4-10(3)8(12)7-9(2)5-6-11;1-2/h11H,4-7H2,1-3H3;1-2H3. The molecule has 0 aliphatic carbocycles. The number of aliphatic hydroxyl groups is 1. The van der Waals surface area contributed by atoms with Gasteiger partial charge in [-0.15, -0.1) is 0 Å². The first kappa shape index (κ1) is 15.8. The maximum atomic E-state index is 11.3. The first-order chi connectivity index (χ1) is 6.61. The van der Waals surface area contributed by atoms with Gasteiger partial charge in [-0.2, -0.15) is 0 Å². The number of amides is 1. The summed E-state index contributed by atoms with van der Waals surface area (Å²) in [6.07, 6.45) is 0. The summed E-state index contributed by atoms with van der Waals surface area (Å²) in [5, 5.41) is 8.58. The molecule has 0 atom stereocenters. The molecular formula is C10H24N2O2. The lowest BCUT2D eigenvalue weighted by molar-refractivity contribution is -0.130. The Morgan fingerprint density at radius 2 is 1.79 bits per heavy atom. The predicted octanol–water partition coefficient (Wildman–Crippen LogP) is 0.415. The van der Waals surface area contributed by atoms with E-state index in [9.17, 15) is 4.79 Å². The molecule has 0 unspecified atom stereocenters. The number of carbonyl (C=O) groups excluding carboxylic acids is 1. The topological polar surface area (TPSA) is 43.8 Å². The third kappa shape index (κ3) is 8.01. The molecule has 0 aromatic heterocycles. The zero-order chi connectivity index (χ0) is 11.6. The summed E-state index contributed by atoms with van der Waals surface area (Å²) in [4.78, 5) is 14.7. The normalized spacial score (nSPS) is 9.36. The number of hydrogen-bond donors (Lipinski definition) is 1. The Labute approximate surface area is 87.5 Å². The van der Waals surface area contributed by atoms with Crippen LogP contribution in [0.3, 0.4) is 0 Å². The van der Waals surface area contributed by atoms with Gasteiger partial charge in [0.2, 0.25) is 5.91 Å². The highest BCUT2D eigenvalue weighted by Gasteiger charge is 2.08. The Morgan fingerprint density at radius 3 is 2.14 bits per heavy atom. The molecule has 0 rings (SSSR count). The Balaban J connectivity index is 0. The van der Waals surface area contributed by atoms with E-state index in [1.807, 2.05) is 27.8 Å². The van der Waals surface area contributed by atoms with Gasteiger partial charge in [0.1, 0.15) is 0 Å². The van der Waals surface area contributed by atoms with Crippen molar-refractivity contribution in [2.45, 2.75) is 20.8 Å². The fourth-order valence-electron chi connectivity index (χ4n) is 0.778. The van der Waals surface area contributed by atoms with Gasteiger partial charge in [0.05, 0.1) is 13.2 Å². The number of nitrogens with zero attached hydrogens (tertiary/aromatic N) is 2. The van der Waals surface area contributed by atoms with Crippen molar-refractivity contribution in [3.8, 4) is 0 Å². The highest BCUT2D eigenvalue weighted by Crippen LogP contribution is 1.87. The van der Waals surface area contributed by atoms with Gasteiger partial charge in [0.25, 0.3) is 0 Å². The van der Waals surface area contributed by atoms with Crippen molar-refractivity contribution in [2.24, 2.45) is 0 Å². The maximum absolute atomic E-state index is 11.3. The first-order valence-electron chi connectivity index (χ1n) is 5.15. The smallest absolute Gasteiger partial charge is 0.236 e. The summed E-state index contributed by atoms with van der Waals surface area (Å²) >= 11 is 0. The molecule has 86 valence electrons. The van der Waals surface area contributed by atoms with Gasteiger partial charge in [-0.1, -0.05) is 13.8 Å². The zero-order valence-corrected chi connectivity index (χ0v) is 10.1. The lowest BCUT2D eigenvalue weighted by Crippen LogP contribution is -2.37. The van der Waals surface area contributed by atoms with Gasteiger partial charge in [0, 0.05) is 20.1 Å². The van der Waals surface area contributed by atoms with E-state index in [-0.39, 0.29) is 12.5 Å². The minimum absolute atomic E-state index is 0.0912. The minimum atomic E-state index is 0.0912. The number of carbonyl (C=O) groups is 1. The van der Waals surface area contributed by atoms with Gasteiger partial charge in [0.15, 0.2) is 0 Å². The van der Waals surface area contributed by atoms with E-state index in [0.717, 1.165) is 6.54 Å². The molecular weight excluding hydrogens is 180 g/mol. The van der Waals surface area contributed by atoms with Crippen LogP contribution in [0.1, 0.15) is 20.8 Å². The van der Waals surface area contributed by atoms with E-state index in [4.69, 9.17) is 5.11 Å². The van der Waals surface area contributed by atoms with Gasteiger partial charge < -0.3 is 10.0 Å². The molecule has 14 heavy (non-hydrogen) atoms. The summed E-state index contributed by atoms with van der Waals surface area (Å²) in [7, 11) is 3.59. The molecule has 1 N–H and O–H groups in total. The average Bonchev–Trinajstić information content (AvgIpc) is 2.19. The Morgan fingerprint density at radius 1 is 1.29 bits per heavy atom. The van der Waals surface area contributed by atoms with E-state index in [1.165, 1.54) is 0 Å². The number of aliphatic hydroxyl groups excluding tert-OH is 1. The molecule has 4 heteroatoms. The van der Waals surface area contributed by atoms with Crippen LogP contribution in [0.5, 0.6) is 0 Å². The Hall–Kier alpha value is -0.610. The predicted molar refractivity (Wildman–Crippen MR) is 59.2 cm³/mol. The Kier molecular flexibility index (Phi) is 11.9. The SMILES string of the molecule is CC.CCN(C)C(=O)CN(C)CCO. The van der Waals surface area contributed by atoms with E-state index in [0.29, 0.717) is 13.1 Å². The lowest BCUT2D eigenvalue weighted by Gasteiger charge is -2.19. The second-order valence-corrected chi connectivity index (χ2v) is 2.87. The molecule has 0 bridgehead atoms. The van der Waals surface area contributed by atoms with Crippen molar-refractivity contribution in [2.75, 3.05) is 40.3 Å². The van der Waals surface area contributed by atoms with Crippen LogP contribution in [-0.4, -0.2) is 61.2 Å². The van der Waals surface area contributed by atoms with Crippen molar-refractivity contribution in [1.29, 1.82) is 0 Å². The summed E-state index contributed by atoms with van der Waals surface area (Å²) < 4.78 is 0. The van der Waals surface area contributed by atoms with Crippen LogP contribution in [0.15, 0.2) is 0 Å². The quantitative estimate of drug-likeness (QED) is 0.705. The summed E-state index contributed by atoms with van der Waals surface area (Å²) in [5.74, 6) is 0.0912. The fourth-order valence-corrected chi connectivity index (χ4v) is 0.778.